The van der Waals surface area contributed by atoms with Crippen molar-refractivity contribution in [3.8, 4) is 0 Å². The SMILES string of the molecule is CS(=O)(=O)N(CC(=O)Nc1ccc2c(c1)oc1ccccc12)c1ccc(F)c(Cl)c1. The van der Waals surface area contributed by atoms with Crippen molar-refractivity contribution >= 4 is 60.8 Å². The minimum absolute atomic E-state index is 0.0896. The minimum atomic E-state index is -3.81. The van der Waals surface area contributed by atoms with E-state index in [1.165, 1.54) is 6.07 Å². The number of nitrogens with one attached hydrogen (secondary N) is 1. The van der Waals surface area contributed by atoms with Gasteiger partial charge >= 0.3 is 0 Å². The van der Waals surface area contributed by atoms with Crippen LogP contribution in [0.3, 0.4) is 0 Å². The van der Waals surface area contributed by atoms with Crippen LogP contribution in [0.5, 0.6) is 0 Å². The van der Waals surface area contributed by atoms with Gasteiger partial charge in [-0.05, 0) is 36.4 Å². The third-order valence-corrected chi connectivity index (χ3v) is 5.97. The second kappa shape index (κ2) is 7.62. The molecule has 1 amide bonds. The molecule has 0 atom stereocenters. The summed E-state index contributed by atoms with van der Waals surface area (Å²) >= 11 is 5.76. The summed E-state index contributed by atoms with van der Waals surface area (Å²) in [5.41, 5.74) is 1.87. The number of hydrogen-bond acceptors (Lipinski definition) is 4. The first-order valence-electron chi connectivity index (χ1n) is 8.86. The van der Waals surface area contributed by atoms with Gasteiger partial charge in [-0.2, -0.15) is 0 Å². The fourth-order valence-corrected chi connectivity index (χ4v) is 4.20. The van der Waals surface area contributed by atoms with Gasteiger partial charge in [0.1, 0.15) is 23.5 Å². The number of furan rings is 1. The molecule has 0 aliphatic rings. The van der Waals surface area contributed by atoms with E-state index in [1.807, 2.05) is 30.3 Å². The Morgan fingerprint density at radius 1 is 1.07 bits per heavy atom. The molecule has 1 heterocycles. The predicted molar refractivity (Wildman–Crippen MR) is 116 cm³/mol. The van der Waals surface area contributed by atoms with Gasteiger partial charge < -0.3 is 9.73 Å². The number of anilines is 2. The molecule has 0 saturated heterocycles. The smallest absolute Gasteiger partial charge is 0.245 e. The fraction of sp³-hybridized carbons (Fsp3) is 0.0952. The minimum Gasteiger partial charge on any atom is -0.456 e. The van der Waals surface area contributed by atoms with Crippen LogP contribution in [0, 0.1) is 5.82 Å². The fourth-order valence-electron chi connectivity index (χ4n) is 3.17. The zero-order valence-electron chi connectivity index (χ0n) is 15.7. The van der Waals surface area contributed by atoms with Crippen LogP contribution in [0.4, 0.5) is 15.8 Å². The van der Waals surface area contributed by atoms with Gasteiger partial charge in [-0.3, -0.25) is 9.10 Å². The molecule has 0 radical (unpaired) electrons. The van der Waals surface area contributed by atoms with Crippen LogP contribution in [0.15, 0.2) is 65.1 Å². The maximum Gasteiger partial charge on any atom is 0.245 e. The zero-order chi connectivity index (χ0) is 21.5. The maximum absolute atomic E-state index is 13.4. The Hall–Kier alpha value is -3.10. The molecule has 0 bridgehead atoms. The molecule has 4 rings (SSSR count). The van der Waals surface area contributed by atoms with Gasteiger partial charge in [0.15, 0.2) is 0 Å². The standard InChI is InChI=1S/C21H16ClFN2O4S/c1-30(27,28)25(14-7-9-18(23)17(22)11-14)12-21(26)24-13-6-8-16-15-4-2-3-5-19(15)29-20(16)10-13/h2-11H,12H2,1H3,(H,24,26). The van der Waals surface area contributed by atoms with Crippen molar-refractivity contribution in [2.45, 2.75) is 0 Å². The number of carbonyl (C=O) groups is 1. The number of nitrogens with zero attached hydrogens (tertiary/aromatic N) is 1. The molecule has 0 fully saturated rings. The zero-order valence-corrected chi connectivity index (χ0v) is 17.3. The van der Waals surface area contributed by atoms with Crippen LogP contribution in [0.2, 0.25) is 5.02 Å². The Bertz CT molecular complexity index is 1380. The van der Waals surface area contributed by atoms with Crippen molar-refractivity contribution in [1.29, 1.82) is 0 Å². The Kier molecular flexibility index (Phi) is 5.13. The summed E-state index contributed by atoms with van der Waals surface area (Å²) in [4.78, 5) is 12.5. The Morgan fingerprint density at radius 2 is 1.80 bits per heavy atom. The van der Waals surface area contributed by atoms with E-state index in [9.17, 15) is 17.6 Å². The molecule has 9 heteroatoms. The average molecular weight is 447 g/mol. The van der Waals surface area contributed by atoms with Crippen LogP contribution >= 0.6 is 11.6 Å². The van der Waals surface area contributed by atoms with Gasteiger partial charge in [0, 0.05) is 22.5 Å². The Morgan fingerprint density at radius 3 is 2.53 bits per heavy atom. The number of para-hydroxylation sites is 1. The topological polar surface area (TPSA) is 79.6 Å². The summed E-state index contributed by atoms with van der Waals surface area (Å²) in [6.07, 6.45) is 0.956. The number of halogens is 2. The molecule has 6 nitrogen and oxygen atoms in total. The summed E-state index contributed by atoms with van der Waals surface area (Å²) in [5.74, 6) is -1.26. The number of amides is 1. The normalized spacial score (nSPS) is 11.7. The first-order chi connectivity index (χ1) is 14.2. The third-order valence-electron chi connectivity index (χ3n) is 4.54. The molecule has 4 aromatic rings. The van der Waals surface area contributed by atoms with Crippen molar-refractivity contribution in [3.63, 3.8) is 0 Å². The third kappa shape index (κ3) is 3.96. The molecular formula is C21H16ClFN2O4S. The molecule has 0 saturated carbocycles. The van der Waals surface area contributed by atoms with E-state index in [2.05, 4.69) is 5.32 Å². The first-order valence-corrected chi connectivity index (χ1v) is 11.1. The molecule has 0 aliphatic carbocycles. The lowest BCUT2D eigenvalue weighted by Crippen LogP contribution is -2.37. The largest absolute Gasteiger partial charge is 0.456 e. The van der Waals surface area contributed by atoms with Crippen LogP contribution in [-0.4, -0.2) is 27.1 Å². The quantitative estimate of drug-likeness (QED) is 0.478. The van der Waals surface area contributed by atoms with Gasteiger partial charge in [-0.1, -0.05) is 29.8 Å². The number of benzene rings is 3. The average Bonchev–Trinajstić information content (AvgIpc) is 3.05. The number of sulfonamides is 1. The van der Waals surface area contributed by atoms with Crippen molar-refractivity contribution in [2.75, 3.05) is 22.4 Å². The molecule has 3 aromatic carbocycles. The Balaban J connectivity index is 1.58. The van der Waals surface area contributed by atoms with Crippen LogP contribution in [-0.2, 0) is 14.8 Å². The van der Waals surface area contributed by atoms with E-state index in [0.717, 1.165) is 39.0 Å². The van der Waals surface area contributed by atoms with Gasteiger partial charge in [-0.25, -0.2) is 12.8 Å². The van der Waals surface area contributed by atoms with Crippen LogP contribution in [0.25, 0.3) is 21.9 Å². The van der Waals surface area contributed by atoms with Crippen molar-refractivity contribution in [2.24, 2.45) is 0 Å². The summed E-state index contributed by atoms with van der Waals surface area (Å²) in [5, 5.41) is 4.29. The monoisotopic (exact) mass is 446 g/mol. The summed E-state index contributed by atoms with van der Waals surface area (Å²) in [6.45, 7) is -0.501. The highest BCUT2D eigenvalue weighted by molar-refractivity contribution is 7.92. The van der Waals surface area contributed by atoms with E-state index in [4.69, 9.17) is 16.0 Å². The maximum atomic E-state index is 13.4. The second-order valence-electron chi connectivity index (χ2n) is 6.73. The molecule has 154 valence electrons. The Labute approximate surface area is 176 Å². The lowest BCUT2D eigenvalue weighted by atomic mass is 10.1. The number of carbonyl (C=O) groups excluding carboxylic acids is 1. The lowest BCUT2D eigenvalue weighted by Gasteiger charge is -2.22. The van der Waals surface area contributed by atoms with E-state index in [0.29, 0.717) is 11.3 Å². The van der Waals surface area contributed by atoms with E-state index >= 15 is 0 Å². The second-order valence-corrected chi connectivity index (χ2v) is 9.04. The van der Waals surface area contributed by atoms with Gasteiger partial charge in [0.25, 0.3) is 0 Å². The number of rotatable bonds is 5. The van der Waals surface area contributed by atoms with Crippen LogP contribution < -0.4 is 9.62 Å². The highest BCUT2D eigenvalue weighted by Crippen LogP contribution is 2.30. The highest BCUT2D eigenvalue weighted by atomic mass is 35.5. The molecule has 0 aliphatic heterocycles. The molecule has 0 unspecified atom stereocenters. The van der Waals surface area contributed by atoms with E-state index < -0.39 is 28.3 Å². The van der Waals surface area contributed by atoms with Crippen molar-refractivity contribution in [3.05, 3.63) is 71.5 Å². The van der Waals surface area contributed by atoms with Crippen molar-refractivity contribution < 1.29 is 22.0 Å². The van der Waals surface area contributed by atoms with Crippen LogP contribution in [0.1, 0.15) is 0 Å². The number of fused-ring (bicyclic) bond motifs is 3. The summed E-state index contributed by atoms with van der Waals surface area (Å²) in [7, 11) is -3.81. The first kappa shape index (κ1) is 20.2. The summed E-state index contributed by atoms with van der Waals surface area (Å²) in [6, 6.07) is 16.2. The van der Waals surface area contributed by atoms with Crippen molar-refractivity contribution in [1.82, 2.24) is 0 Å². The summed E-state index contributed by atoms with van der Waals surface area (Å²) < 4.78 is 44.4. The molecule has 1 N–H and O–H groups in total. The van der Waals surface area contributed by atoms with Gasteiger partial charge in [0.2, 0.25) is 15.9 Å². The molecular weight excluding hydrogens is 431 g/mol. The molecule has 1 aromatic heterocycles. The van der Waals surface area contributed by atoms with Gasteiger partial charge in [-0.15, -0.1) is 0 Å². The number of hydrogen-bond donors (Lipinski definition) is 1. The van der Waals surface area contributed by atoms with Gasteiger partial charge in [0.05, 0.1) is 17.0 Å². The van der Waals surface area contributed by atoms with E-state index in [1.54, 1.807) is 12.1 Å². The van der Waals surface area contributed by atoms with E-state index in [-0.39, 0.29) is 10.7 Å². The molecule has 0 spiro atoms. The predicted octanol–water partition coefficient (Wildman–Crippen LogP) is 4.78. The molecule has 30 heavy (non-hydrogen) atoms. The highest BCUT2D eigenvalue weighted by Gasteiger charge is 2.22. The lowest BCUT2D eigenvalue weighted by molar-refractivity contribution is -0.114.